The highest BCUT2D eigenvalue weighted by Crippen LogP contribution is 2.05. The van der Waals surface area contributed by atoms with Crippen LogP contribution >= 0.6 is 0 Å². The number of rotatable bonds is 4. The maximum atomic E-state index is 11.4. The van der Waals surface area contributed by atoms with Crippen LogP contribution < -0.4 is 10.6 Å². The van der Waals surface area contributed by atoms with Crippen molar-refractivity contribution in [3.63, 3.8) is 0 Å². The van der Waals surface area contributed by atoms with Gasteiger partial charge in [0, 0.05) is 12.5 Å². The van der Waals surface area contributed by atoms with Crippen molar-refractivity contribution in [2.45, 2.75) is 38.1 Å². The Kier molecular flexibility index (Phi) is 5.30. The van der Waals surface area contributed by atoms with E-state index in [4.69, 9.17) is 0 Å². The first kappa shape index (κ1) is 11.2. The van der Waals surface area contributed by atoms with Crippen molar-refractivity contribution in [1.29, 1.82) is 0 Å². The number of carbonyl (C=O) groups excluding carboxylic acids is 1. The molecule has 0 aromatic carbocycles. The van der Waals surface area contributed by atoms with Crippen molar-refractivity contribution in [3.8, 4) is 0 Å². The predicted molar refractivity (Wildman–Crippen MR) is 58.1 cm³/mol. The quantitative estimate of drug-likeness (QED) is 0.664. The third-order valence-corrected chi connectivity index (χ3v) is 2.52. The Balaban J connectivity index is 2.20. The van der Waals surface area contributed by atoms with Gasteiger partial charge in [-0.05, 0) is 38.8 Å². The zero-order valence-electron chi connectivity index (χ0n) is 8.72. The molecule has 0 spiro atoms. The first-order chi connectivity index (χ1) is 6.83. The van der Waals surface area contributed by atoms with Crippen molar-refractivity contribution in [1.82, 2.24) is 10.6 Å². The van der Waals surface area contributed by atoms with Crippen molar-refractivity contribution in [2.75, 3.05) is 13.1 Å². The molecule has 0 saturated carbocycles. The summed E-state index contributed by atoms with van der Waals surface area (Å²) in [6, 6.07) is 0.377. The summed E-state index contributed by atoms with van der Waals surface area (Å²) in [4.78, 5) is 11.4. The zero-order valence-corrected chi connectivity index (χ0v) is 8.72. The van der Waals surface area contributed by atoms with Crippen molar-refractivity contribution >= 4 is 5.91 Å². The second kappa shape index (κ2) is 6.60. The van der Waals surface area contributed by atoms with Crippen LogP contribution in [-0.4, -0.2) is 25.0 Å². The summed E-state index contributed by atoms with van der Waals surface area (Å²) in [7, 11) is 0. The van der Waals surface area contributed by atoms with Gasteiger partial charge >= 0.3 is 0 Å². The number of amides is 1. The molecule has 3 nitrogen and oxygen atoms in total. The lowest BCUT2D eigenvalue weighted by atomic mass is 10.1. The molecule has 0 radical (unpaired) electrons. The normalized spacial score (nSPS) is 22.4. The summed E-state index contributed by atoms with van der Waals surface area (Å²) < 4.78 is 0. The lowest BCUT2D eigenvalue weighted by molar-refractivity contribution is -0.121. The van der Waals surface area contributed by atoms with Gasteiger partial charge in [0.25, 0.3) is 0 Å². The van der Waals surface area contributed by atoms with Crippen LogP contribution in [0.15, 0.2) is 12.7 Å². The Morgan fingerprint density at radius 3 is 3.14 bits per heavy atom. The van der Waals surface area contributed by atoms with Crippen molar-refractivity contribution < 1.29 is 4.79 Å². The summed E-state index contributed by atoms with van der Waals surface area (Å²) >= 11 is 0. The first-order valence-corrected chi connectivity index (χ1v) is 5.44. The molecule has 1 fully saturated rings. The monoisotopic (exact) mass is 196 g/mol. The lowest BCUT2D eigenvalue weighted by Crippen LogP contribution is -2.35. The molecule has 1 atom stereocenters. The summed E-state index contributed by atoms with van der Waals surface area (Å²) in [6.07, 6.45) is 6.46. The standard InChI is InChI=1S/C11H20N2O/c1-2-3-6-11(14)13-10-5-4-8-12-9-7-10/h2,10,12H,1,3-9H2,(H,13,14). The topological polar surface area (TPSA) is 41.1 Å². The Hall–Kier alpha value is -0.830. The van der Waals surface area contributed by atoms with Gasteiger partial charge in [-0.25, -0.2) is 0 Å². The van der Waals surface area contributed by atoms with Gasteiger partial charge in [0.1, 0.15) is 0 Å². The van der Waals surface area contributed by atoms with Gasteiger partial charge in [-0.2, -0.15) is 0 Å². The minimum atomic E-state index is 0.164. The number of carbonyl (C=O) groups is 1. The van der Waals surface area contributed by atoms with Crippen LogP contribution in [0.1, 0.15) is 32.1 Å². The van der Waals surface area contributed by atoms with E-state index < -0.39 is 0 Å². The van der Waals surface area contributed by atoms with E-state index in [1.54, 1.807) is 6.08 Å². The molecule has 1 aliphatic rings. The van der Waals surface area contributed by atoms with E-state index in [2.05, 4.69) is 17.2 Å². The zero-order chi connectivity index (χ0) is 10.2. The highest BCUT2D eigenvalue weighted by atomic mass is 16.1. The van der Waals surface area contributed by atoms with Crippen molar-refractivity contribution in [2.24, 2.45) is 0 Å². The summed E-state index contributed by atoms with van der Waals surface area (Å²) in [6.45, 7) is 5.71. The minimum Gasteiger partial charge on any atom is -0.353 e. The highest BCUT2D eigenvalue weighted by molar-refractivity contribution is 5.76. The van der Waals surface area contributed by atoms with Gasteiger partial charge in [0.2, 0.25) is 5.91 Å². The molecule has 1 unspecified atom stereocenters. The van der Waals surface area contributed by atoms with Crippen LogP contribution in [0.2, 0.25) is 0 Å². The van der Waals surface area contributed by atoms with Gasteiger partial charge < -0.3 is 10.6 Å². The summed E-state index contributed by atoms with van der Waals surface area (Å²) in [5.74, 6) is 0.164. The first-order valence-electron chi connectivity index (χ1n) is 5.44. The second-order valence-electron chi connectivity index (χ2n) is 3.77. The molecular weight excluding hydrogens is 176 g/mol. The third-order valence-electron chi connectivity index (χ3n) is 2.52. The van der Waals surface area contributed by atoms with Gasteiger partial charge in [-0.1, -0.05) is 6.08 Å². The molecule has 0 aliphatic carbocycles. The van der Waals surface area contributed by atoms with Crippen LogP contribution in [-0.2, 0) is 4.79 Å². The Morgan fingerprint density at radius 2 is 2.36 bits per heavy atom. The molecule has 80 valence electrons. The van der Waals surface area contributed by atoms with E-state index in [-0.39, 0.29) is 5.91 Å². The van der Waals surface area contributed by atoms with Crippen LogP contribution in [0, 0.1) is 0 Å². The fraction of sp³-hybridized carbons (Fsp3) is 0.727. The molecule has 0 bridgehead atoms. The van der Waals surface area contributed by atoms with E-state index in [1.807, 2.05) is 0 Å². The van der Waals surface area contributed by atoms with E-state index in [0.717, 1.165) is 38.8 Å². The molecule has 14 heavy (non-hydrogen) atoms. The smallest absolute Gasteiger partial charge is 0.220 e. The van der Waals surface area contributed by atoms with Crippen LogP contribution in [0.5, 0.6) is 0 Å². The number of hydrogen-bond donors (Lipinski definition) is 2. The Bertz CT molecular complexity index is 184. The summed E-state index contributed by atoms with van der Waals surface area (Å²) in [5.41, 5.74) is 0. The molecule has 1 saturated heterocycles. The van der Waals surface area contributed by atoms with Crippen LogP contribution in [0.25, 0.3) is 0 Å². The van der Waals surface area contributed by atoms with E-state index in [0.29, 0.717) is 12.5 Å². The van der Waals surface area contributed by atoms with Crippen molar-refractivity contribution in [3.05, 3.63) is 12.7 Å². The fourth-order valence-electron chi connectivity index (χ4n) is 1.70. The van der Waals surface area contributed by atoms with Gasteiger partial charge in [-0.15, -0.1) is 6.58 Å². The molecule has 2 N–H and O–H groups in total. The highest BCUT2D eigenvalue weighted by Gasteiger charge is 2.13. The summed E-state index contributed by atoms with van der Waals surface area (Å²) in [5, 5.41) is 6.39. The second-order valence-corrected chi connectivity index (χ2v) is 3.77. The predicted octanol–water partition coefficient (Wildman–Crippen LogP) is 1.21. The molecular formula is C11H20N2O. The average molecular weight is 196 g/mol. The molecule has 1 rings (SSSR count). The van der Waals surface area contributed by atoms with Gasteiger partial charge in [0.05, 0.1) is 0 Å². The number of hydrogen-bond acceptors (Lipinski definition) is 2. The number of nitrogens with one attached hydrogen (secondary N) is 2. The van der Waals surface area contributed by atoms with Gasteiger partial charge in [-0.3, -0.25) is 4.79 Å². The molecule has 0 aromatic rings. The molecule has 1 amide bonds. The number of allylic oxidation sites excluding steroid dienone is 1. The van der Waals surface area contributed by atoms with Crippen LogP contribution in [0.4, 0.5) is 0 Å². The maximum absolute atomic E-state index is 11.4. The minimum absolute atomic E-state index is 0.164. The Morgan fingerprint density at radius 1 is 1.50 bits per heavy atom. The SMILES string of the molecule is C=CCCC(=O)NC1CCCNCC1. The van der Waals surface area contributed by atoms with Crippen LogP contribution in [0.3, 0.4) is 0 Å². The average Bonchev–Trinajstić information content (AvgIpc) is 2.43. The molecule has 1 aliphatic heterocycles. The van der Waals surface area contributed by atoms with E-state index in [9.17, 15) is 4.79 Å². The molecule has 3 heteroatoms. The Labute approximate surface area is 86.0 Å². The fourth-order valence-corrected chi connectivity index (χ4v) is 1.70. The lowest BCUT2D eigenvalue weighted by Gasteiger charge is -2.15. The third kappa shape index (κ3) is 4.42. The van der Waals surface area contributed by atoms with Gasteiger partial charge in [0.15, 0.2) is 0 Å². The molecule has 0 aromatic heterocycles. The molecule has 1 heterocycles. The van der Waals surface area contributed by atoms with E-state index >= 15 is 0 Å². The maximum Gasteiger partial charge on any atom is 0.220 e. The van der Waals surface area contributed by atoms with E-state index in [1.165, 1.54) is 0 Å². The largest absolute Gasteiger partial charge is 0.353 e.